The molecule has 1 atom stereocenters. The Morgan fingerprint density at radius 1 is 1.55 bits per heavy atom. The first-order valence-electron chi connectivity index (χ1n) is 3.37. The molecule has 4 heteroatoms. The molecule has 0 bridgehead atoms. The minimum atomic E-state index is -0.761. The van der Waals surface area contributed by atoms with Gasteiger partial charge in [0.05, 0.1) is 7.11 Å². The number of carbonyl (C=O) groups excluding carboxylic acids is 2. The van der Waals surface area contributed by atoms with Crippen molar-refractivity contribution in [2.24, 2.45) is 0 Å². The van der Waals surface area contributed by atoms with Crippen molar-refractivity contribution >= 4 is 27.7 Å². The lowest BCUT2D eigenvalue weighted by atomic mass is 10.2. The molecule has 0 aliphatic carbocycles. The molecule has 0 spiro atoms. The van der Waals surface area contributed by atoms with Crippen LogP contribution in [-0.4, -0.2) is 23.7 Å². The number of carbonyl (C=O) groups is 2. The van der Waals surface area contributed by atoms with Crippen molar-refractivity contribution in [1.82, 2.24) is 0 Å². The standard InChI is InChI=1S/C7H11BrO3/c1-3-5(8)4-6(9)7(10)11-2/h5H,3-4H2,1-2H3. The first-order chi connectivity index (χ1) is 5.11. The van der Waals surface area contributed by atoms with E-state index in [4.69, 9.17) is 0 Å². The van der Waals surface area contributed by atoms with E-state index in [0.717, 1.165) is 6.42 Å². The molecule has 0 N–H and O–H groups in total. The monoisotopic (exact) mass is 222 g/mol. The van der Waals surface area contributed by atoms with E-state index < -0.39 is 11.8 Å². The summed E-state index contributed by atoms with van der Waals surface area (Å²) in [7, 11) is 1.20. The van der Waals surface area contributed by atoms with Crippen LogP contribution in [0.2, 0.25) is 0 Å². The third kappa shape index (κ3) is 4.14. The van der Waals surface area contributed by atoms with E-state index in [9.17, 15) is 9.59 Å². The molecule has 11 heavy (non-hydrogen) atoms. The fourth-order valence-corrected chi connectivity index (χ4v) is 0.837. The van der Waals surface area contributed by atoms with Crippen LogP contribution in [0.1, 0.15) is 19.8 Å². The number of hydrogen-bond acceptors (Lipinski definition) is 3. The minimum Gasteiger partial charge on any atom is -0.463 e. The second kappa shape index (κ2) is 5.29. The zero-order valence-electron chi connectivity index (χ0n) is 6.59. The van der Waals surface area contributed by atoms with E-state index in [1.807, 2.05) is 6.92 Å². The van der Waals surface area contributed by atoms with Gasteiger partial charge in [-0.15, -0.1) is 0 Å². The summed E-state index contributed by atoms with van der Waals surface area (Å²) in [5.41, 5.74) is 0. The van der Waals surface area contributed by atoms with Crippen LogP contribution in [-0.2, 0) is 14.3 Å². The number of methoxy groups -OCH3 is 1. The lowest BCUT2D eigenvalue weighted by molar-refractivity contribution is -0.151. The molecule has 0 aromatic rings. The molecular weight excluding hydrogens is 212 g/mol. The van der Waals surface area contributed by atoms with Gasteiger partial charge in [0.15, 0.2) is 0 Å². The van der Waals surface area contributed by atoms with E-state index >= 15 is 0 Å². The van der Waals surface area contributed by atoms with Crippen molar-refractivity contribution in [3.05, 3.63) is 0 Å². The van der Waals surface area contributed by atoms with E-state index in [1.165, 1.54) is 7.11 Å². The Labute approximate surface area is 74.2 Å². The molecule has 0 aromatic carbocycles. The molecule has 64 valence electrons. The molecule has 0 saturated heterocycles. The van der Waals surface area contributed by atoms with E-state index in [2.05, 4.69) is 20.7 Å². The minimum absolute atomic E-state index is 0.0779. The predicted octanol–water partition coefficient (Wildman–Crippen LogP) is 1.29. The molecule has 0 heterocycles. The normalized spacial score (nSPS) is 12.3. The van der Waals surface area contributed by atoms with E-state index in [1.54, 1.807) is 0 Å². The number of alkyl halides is 1. The Morgan fingerprint density at radius 2 is 2.09 bits per heavy atom. The van der Waals surface area contributed by atoms with Gasteiger partial charge in [0, 0.05) is 11.2 Å². The topological polar surface area (TPSA) is 43.4 Å². The molecule has 0 fully saturated rings. The number of ketones is 1. The first-order valence-corrected chi connectivity index (χ1v) is 4.28. The number of hydrogen-bond donors (Lipinski definition) is 0. The average Bonchev–Trinajstić information content (AvgIpc) is 2.02. The quantitative estimate of drug-likeness (QED) is 0.409. The lowest BCUT2D eigenvalue weighted by Gasteiger charge is -2.02. The van der Waals surface area contributed by atoms with Gasteiger partial charge >= 0.3 is 5.97 Å². The summed E-state index contributed by atoms with van der Waals surface area (Å²) in [6, 6.07) is 0. The predicted molar refractivity (Wildman–Crippen MR) is 44.6 cm³/mol. The van der Waals surface area contributed by atoms with Crippen molar-refractivity contribution < 1.29 is 14.3 Å². The van der Waals surface area contributed by atoms with Crippen LogP contribution in [0.25, 0.3) is 0 Å². The SMILES string of the molecule is CCC(Br)CC(=O)C(=O)OC. The zero-order chi connectivity index (χ0) is 8.85. The van der Waals surface area contributed by atoms with Crippen molar-refractivity contribution in [1.29, 1.82) is 0 Å². The van der Waals surface area contributed by atoms with Gasteiger partial charge < -0.3 is 4.74 Å². The largest absolute Gasteiger partial charge is 0.463 e. The number of ether oxygens (including phenoxy) is 1. The molecule has 1 unspecified atom stereocenters. The first kappa shape index (κ1) is 10.6. The molecular formula is C7H11BrO3. The van der Waals surface area contributed by atoms with E-state index in [0.29, 0.717) is 0 Å². The van der Waals surface area contributed by atoms with Gasteiger partial charge in [-0.05, 0) is 6.42 Å². The summed E-state index contributed by atoms with van der Waals surface area (Å²) >= 11 is 3.25. The van der Waals surface area contributed by atoms with Crippen molar-refractivity contribution in [2.75, 3.05) is 7.11 Å². The van der Waals surface area contributed by atoms with Crippen LogP contribution in [0.5, 0.6) is 0 Å². The highest BCUT2D eigenvalue weighted by atomic mass is 79.9. The van der Waals surface area contributed by atoms with Crippen molar-refractivity contribution in [2.45, 2.75) is 24.6 Å². The molecule has 0 aliphatic rings. The highest BCUT2D eigenvalue weighted by molar-refractivity contribution is 9.09. The fraction of sp³-hybridized carbons (Fsp3) is 0.714. The molecule has 0 saturated carbocycles. The van der Waals surface area contributed by atoms with Gasteiger partial charge in [-0.3, -0.25) is 4.79 Å². The second-order valence-corrected chi connectivity index (χ2v) is 3.42. The zero-order valence-corrected chi connectivity index (χ0v) is 8.18. The van der Waals surface area contributed by atoms with Gasteiger partial charge in [0.1, 0.15) is 0 Å². The molecule has 0 amide bonds. The van der Waals surface area contributed by atoms with Crippen LogP contribution in [0, 0.1) is 0 Å². The Morgan fingerprint density at radius 3 is 2.45 bits per heavy atom. The number of Topliss-reactive ketones (excluding diaryl/α,β-unsaturated/α-hetero) is 1. The number of halogens is 1. The molecule has 0 aliphatic heterocycles. The van der Waals surface area contributed by atoms with Crippen molar-refractivity contribution in [3.8, 4) is 0 Å². The molecule has 0 rings (SSSR count). The summed E-state index contributed by atoms with van der Waals surface area (Å²) in [4.78, 5) is 21.5. The third-order valence-electron chi connectivity index (χ3n) is 1.26. The molecule has 0 radical (unpaired) electrons. The van der Waals surface area contributed by atoms with Gasteiger partial charge in [-0.1, -0.05) is 22.9 Å². The van der Waals surface area contributed by atoms with Crippen LogP contribution >= 0.6 is 15.9 Å². The smallest absolute Gasteiger partial charge is 0.374 e. The summed E-state index contributed by atoms with van der Waals surface area (Å²) in [6.45, 7) is 1.93. The summed E-state index contributed by atoms with van der Waals surface area (Å²) in [5, 5.41) is 0. The maximum absolute atomic E-state index is 10.8. The van der Waals surface area contributed by atoms with Crippen LogP contribution in [0.3, 0.4) is 0 Å². The Balaban J connectivity index is 3.77. The maximum atomic E-state index is 10.8. The van der Waals surface area contributed by atoms with Crippen LogP contribution in [0.15, 0.2) is 0 Å². The Kier molecular flexibility index (Phi) is 5.11. The average molecular weight is 223 g/mol. The number of esters is 1. The molecule has 0 aromatic heterocycles. The highest BCUT2D eigenvalue weighted by Gasteiger charge is 2.16. The van der Waals surface area contributed by atoms with Gasteiger partial charge in [0.2, 0.25) is 5.78 Å². The Bertz CT molecular complexity index is 156. The maximum Gasteiger partial charge on any atom is 0.374 e. The fourth-order valence-electron chi connectivity index (χ4n) is 0.543. The van der Waals surface area contributed by atoms with Crippen molar-refractivity contribution in [3.63, 3.8) is 0 Å². The van der Waals surface area contributed by atoms with Gasteiger partial charge in [-0.2, -0.15) is 0 Å². The van der Waals surface area contributed by atoms with Gasteiger partial charge in [-0.25, -0.2) is 4.79 Å². The van der Waals surface area contributed by atoms with Crippen LogP contribution in [0.4, 0.5) is 0 Å². The summed E-state index contributed by atoms with van der Waals surface area (Å²) < 4.78 is 4.25. The molecule has 3 nitrogen and oxygen atoms in total. The van der Waals surface area contributed by atoms with E-state index in [-0.39, 0.29) is 11.2 Å². The lowest BCUT2D eigenvalue weighted by Crippen LogP contribution is -2.18. The summed E-state index contributed by atoms with van der Waals surface area (Å²) in [5.74, 6) is -1.24. The van der Waals surface area contributed by atoms with Gasteiger partial charge in [0.25, 0.3) is 0 Å². The summed E-state index contributed by atoms with van der Waals surface area (Å²) in [6.07, 6.45) is 1.03. The third-order valence-corrected chi connectivity index (χ3v) is 2.23. The second-order valence-electron chi connectivity index (χ2n) is 2.12. The number of rotatable bonds is 4. The highest BCUT2D eigenvalue weighted by Crippen LogP contribution is 2.09. The van der Waals surface area contributed by atoms with Crippen LogP contribution < -0.4 is 0 Å². The Hall–Kier alpha value is -0.380.